The van der Waals surface area contributed by atoms with E-state index in [-0.39, 0.29) is 6.10 Å². The number of halogens is 1. The van der Waals surface area contributed by atoms with Crippen LogP contribution in [0.1, 0.15) is 11.8 Å². The Morgan fingerprint density at radius 2 is 2.40 bits per heavy atom. The van der Waals surface area contributed by atoms with Crippen LogP contribution in [0.2, 0.25) is 0 Å². The highest BCUT2D eigenvalue weighted by Gasteiger charge is 2.29. The molecule has 0 aliphatic carbocycles. The van der Waals surface area contributed by atoms with Gasteiger partial charge in [0.05, 0.1) is 18.5 Å². The number of tetrazole rings is 1. The Morgan fingerprint density at radius 1 is 1.53 bits per heavy atom. The first-order valence-electron chi connectivity index (χ1n) is 4.35. The van der Waals surface area contributed by atoms with E-state index in [1.807, 2.05) is 0 Å². The predicted octanol–water partition coefficient (Wildman–Crippen LogP) is 0.268. The molecule has 6 nitrogen and oxygen atoms in total. The van der Waals surface area contributed by atoms with E-state index < -0.39 is 5.82 Å². The zero-order valence-corrected chi connectivity index (χ0v) is 7.54. The number of pyridine rings is 1. The van der Waals surface area contributed by atoms with Gasteiger partial charge in [0.2, 0.25) is 0 Å². The summed E-state index contributed by atoms with van der Waals surface area (Å²) in [5.74, 6) is -0.398. The summed E-state index contributed by atoms with van der Waals surface area (Å²) in [7, 11) is 0. The van der Waals surface area contributed by atoms with Gasteiger partial charge in [-0.1, -0.05) is 0 Å². The van der Waals surface area contributed by atoms with Crippen LogP contribution in [-0.2, 0) is 4.74 Å². The van der Waals surface area contributed by atoms with Crippen molar-refractivity contribution >= 4 is 0 Å². The molecule has 0 saturated carbocycles. The van der Waals surface area contributed by atoms with Crippen LogP contribution in [0.25, 0.3) is 5.69 Å². The number of aromatic nitrogens is 5. The molecule has 1 saturated heterocycles. The number of hydrogen-bond acceptors (Lipinski definition) is 5. The highest BCUT2D eigenvalue weighted by atomic mass is 19.1. The Kier molecular flexibility index (Phi) is 1.72. The highest BCUT2D eigenvalue weighted by Crippen LogP contribution is 2.30. The monoisotopic (exact) mass is 207 g/mol. The van der Waals surface area contributed by atoms with Gasteiger partial charge in [-0.05, 0) is 10.4 Å². The van der Waals surface area contributed by atoms with Crippen LogP contribution in [0.3, 0.4) is 0 Å². The van der Waals surface area contributed by atoms with Crippen molar-refractivity contribution in [2.24, 2.45) is 0 Å². The van der Waals surface area contributed by atoms with Gasteiger partial charge in [0.25, 0.3) is 0 Å². The van der Waals surface area contributed by atoms with Gasteiger partial charge in [-0.2, -0.15) is 4.68 Å². The molecule has 7 heteroatoms. The Balaban J connectivity index is 2.01. The van der Waals surface area contributed by atoms with Crippen LogP contribution in [0, 0.1) is 5.82 Å². The molecule has 1 aliphatic rings. The third-order valence-electron chi connectivity index (χ3n) is 2.11. The maximum Gasteiger partial charge on any atom is 0.149 e. The van der Waals surface area contributed by atoms with E-state index in [1.165, 1.54) is 23.3 Å². The molecule has 3 heterocycles. The van der Waals surface area contributed by atoms with E-state index in [0.717, 1.165) is 0 Å². The van der Waals surface area contributed by atoms with Crippen LogP contribution in [0.5, 0.6) is 0 Å². The molecule has 0 spiro atoms. The molecule has 3 rings (SSSR count). The fourth-order valence-electron chi connectivity index (χ4n) is 1.29. The minimum Gasteiger partial charge on any atom is -0.366 e. The Morgan fingerprint density at radius 3 is 3.00 bits per heavy atom. The predicted molar refractivity (Wildman–Crippen MR) is 45.6 cm³/mol. The van der Waals surface area contributed by atoms with Crippen molar-refractivity contribution in [1.82, 2.24) is 25.2 Å². The molecule has 15 heavy (non-hydrogen) atoms. The molecule has 0 radical (unpaired) electrons. The quantitative estimate of drug-likeness (QED) is 0.661. The Hall–Kier alpha value is -1.89. The summed E-state index contributed by atoms with van der Waals surface area (Å²) >= 11 is 0. The van der Waals surface area contributed by atoms with Crippen LogP contribution in [0.4, 0.5) is 4.39 Å². The number of rotatable bonds is 2. The summed E-state index contributed by atoms with van der Waals surface area (Å²) in [5.41, 5.74) is 0.828. The second-order valence-electron chi connectivity index (χ2n) is 3.14. The Labute approximate surface area is 83.7 Å². The molecule has 0 bridgehead atoms. The zero-order chi connectivity index (χ0) is 10.3. The van der Waals surface area contributed by atoms with Crippen molar-refractivity contribution < 1.29 is 9.13 Å². The summed E-state index contributed by atoms with van der Waals surface area (Å²) in [4.78, 5) is 3.98. The van der Waals surface area contributed by atoms with Crippen LogP contribution >= 0.6 is 0 Å². The first-order valence-corrected chi connectivity index (χ1v) is 4.35. The summed E-state index contributed by atoms with van der Waals surface area (Å²) in [5, 5.41) is 10.5. The van der Waals surface area contributed by atoms with Crippen molar-refractivity contribution in [3.8, 4) is 5.69 Å². The number of nitrogens with zero attached hydrogens (tertiary/aromatic N) is 5. The number of epoxide rings is 1. The largest absolute Gasteiger partial charge is 0.366 e. The minimum absolute atomic E-state index is 0.187. The minimum atomic E-state index is -0.398. The SMILES string of the molecule is Fc1cc(-n2cnnn2)cnc1[C@H]1CO1. The summed E-state index contributed by atoms with van der Waals surface area (Å²) in [6.07, 6.45) is 2.70. The molecule has 2 aromatic rings. The topological polar surface area (TPSA) is 69.0 Å². The lowest BCUT2D eigenvalue weighted by Gasteiger charge is -2.01. The van der Waals surface area contributed by atoms with Gasteiger partial charge >= 0.3 is 0 Å². The lowest BCUT2D eigenvalue weighted by atomic mass is 10.2. The van der Waals surface area contributed by atoms with Gasteiger partial charge < -0.3 is 4.74 Å². The maximum atomic E-state index is 13.5. The van der Waals surface area contributed by atoms with Gasteiger partial charge in [-0.15, -0.1) is 5.10 Å². The smallest absolute Gasteiger partial charge is 0.149 e. The molecular formula is C8H6FN5O. The molecule has 0 aromatic carbocycles. The van der Waals surface area contributed by atoms with E-state index >= 15 is 0 Å². The average molecular weight is 207 g/mol. The van der Waals surface area contributed by atoms with E-state index in [4.69, 9.17) is 4.74 Å². The molecule has 0 N–H and O–H groups in total. The van der Waals surface area contributed by atoms with Crippen molar-refractivity contribution in [2.75, 3.05) is 6.61 Å². The fraction of sp³-hybridized carbons (Fsp3) is 0.250. The number of hydrogen-bond donors (Lipinski definition) is 0. The second kappa shape index (κ2) is 3.06. The lowest BCUT2D eigenvalue weighted by molar-refractivity contribution is 0.402. The van der Waals surface area contributed by atoms with Gasteiger partial charge in [-0.3, -0.25) is 4.98 Å². The number of ether oxygens (including phenoxy) is 1. The zero-order valence-electron chi connectivity index (χ0n) is 7.54. The summed E-state index contributed by atoms with van der Waals surface area (Å²) < 4.78 is 19.8. The summed E-state index contributed by atoms with van der Waals surface area (Å²) in [6, 6.07) is 1.33. The molecule has 0 unspecified atom stereocenters. The van der Waals surface area contributed by atoms with E-state index in [9.17, 15) is 4.39 Å². The molecule has 1 atom stereocenters. The normalized spacial score (nSPS) is 19.1. The third kappa shape index (κ3) is 1.46. The Bertz CT molecular complexity index is 482. The van der Waals surface area contributed by atoms with Crippen molar-refractivity contribution in [2.45, 2.75) is 6.10 Å². The molecule has 0 amide bonds. The van der Waals surface area contributed by atoms with Gasteiger partial charge in [-0.25, -0.2) is 4.39 Å². The van der Waals surface area contributed by atoms with Gasteiger partial charge in [0.1, 0.15) is 23.9 Å². The molecule has 2 aromatic heterocycles. The molecule has 76 valence electrons. The van der Waals surface area contributed by atoms with E-state index in [0.29, 0.717) is 18.0 Å². The lowest BCUT2D eigenvalue weighted by Crippen LogP contribution is -2.00. The van der Waals surface area contributed by atoms with Crippen molar-refractivity contribution in [3.63, 3.8) is 0 Å². The van der Waals surface area contributed by atoms with E-state index in [2.05, 4.69) is 20.5 Å². The second-order valence-corrected chi connectivity index (χ2v) is 3.14. The molecule has 1 aliphatic heterocycles. The van der Waals surface area contributed by atoms with Crippen molar-refractivity contribution in [1.29, 1.82) is 0 Å². The first kappa shape index (κ1) is 8.42. The molecular weight excluding hydrogens is 201 g/mol. The molecule has 1 fully saturated rings. The maximum absolute atomic E-state index is 13.5. The first-order chi connectivity index (χ1) is 7.34. The fourth-order valence-corrected chi connectivity index (χ4v) is 1.29. The van der Waals surface area contributed by atoms with Gasteiger partial charge in [0, 0.05) is 6.07 Å². The van der Waals surface area contributed by atoms with Gasteiger partial charge in [0.15, 0.2) is 0 Å². The van der Waals surface area contributed by atoms with Crippen LogP contribution in [0.15, 0.2) is 18.6 Å². The third-order valence-corrected chi connectivity index (χ3v) is 2.11. The van der Waals surface area contributed by atoms with E-state index in [1.54, 1.807) is 0 Å². The average Bonchev–Trinajstić information content (AvgIpc) is 2.93. The summed E-state index contributed by atoms with van der Waals surface area (Å²) in [6.45, 7) is 0.536. The standard InChI is InChI=1S/C8H6FN5O/c9-6-1-5(14-4-11-12-13-14)2-10-8(6)7-3-15-7/h1-2,4,7H,3H2/t7-/m1/s1. The van der Waals surface area contributed by atoms with Crippen LogP contribution in [-0.4, -0.2) is 31.8 Å². The van der Waals surface area contributed by atoms with Crippen molar-refractivity contribution in [3.05, 3.63) is 30.1 Å². The highest BCUT2D eigenvalue weighted by molar-refractivity contribution is 5.30. The van der Waals surface area contributed by atoms with Crippen LogP contribution < -0.4 is 0 Å².